The van der Waals surface area contributed by atoms with Gasteiger partial charge in [-0.15, -0.1) is 12.4 Å². The van der Waals surface area contributed by atoms with Crippen LogP contribution in [0, 0.1) is 5.92 Å². The number of carbonyl (C=O) groups excluding carboxylic acids is 1. The number of nitrogens with one attached hydrogen (secondary N) is 1. The van der Waals surface area contributed by atoms with Gasteiger partial charge in [-0.1, -0.05) is 6.92 Å². The van der Waals surface area contributed by atoms with E-state index in [-0.39, 0.29) is 18.3 Å². The molecule has 1 amide bonds. The lowest BCUT2D eigenvalue weighted by Crippen LogP contribution is -2.54. The molecule has 0 saturated heterocycles. The molecule has 0 radical (unpaired) electrons. The Morgan fingerprint density at radius 2 is 1.92 bits per heavy atom. The number of likely N-dealkylation sites (N-methyl/N-ethyl adjacent to an activating group) is 1. The highest BCUT2D eigenvalue weighted by Gasteiger charge is 2.36. The van der Waals surface area contributed by atoms with Gasteiger partial charge in [0, 0.05) is 7.05 Å². The summed E-state index contributed by atoms with van der Waals surface area (Å²) in [6, 6.07) is 0. The molecule has 0 bridgehead atoms. The van der Waals surface area contributed by atoms with Gasteiger partial charge in [-0.2, -0.15) is 0 Å². The molecule has 0 spiro atoms. The summed E-state index contributed by atoms with van der Waals surface area (Å²) in [4.78, 5) is 11.4. The second kappa shape index (κ2) is 4.82. The Hall–Kier alpha value is -0.280. The molecule has 13 heavy (non-hydrogen) atoms. The van der Waals surface area contributed by atoms with E-state index in [1.165, 1.54) is 0 Å². The van der Waals surface area contributed by atoms with Crippen LogP contribution in [0.3, 0.4) is 0 Å². The van der Waals surface area contributed by atoms with Crippen LogP contribution in [0.1, 0.15) is 32.6 Å². The number of carbonyl (C=O) groups is 1. The van der Waals surface area contributed by atoms with E-state index >= 15 is 0 Å². The molecule has 1 aliphatic carbocycles. The second-order valence-electron chi connectivity index (χ2n) is 3.92. The van der Waals surface area contributed by atoms with E-state index in [9.17, 15) is 4.79 Å². The van der Waals surface area contributed by atoms with Crippen LogP contribution in [0.15, 0.2) is 0 Å². The predicted octanol–water partition coefficient (Wildman–Crippen LogP) is 1.06. The number of halogens is 1. The number of amides is 1. The van der Waals surface area contributed by atoms with E-state index in [1.807, 2.05) is 0 Å². The Morgan fingerprint density at radius 3 is 2.31 bits per heavy atom. The summed E-state index contributed by atoms with van der Waals surface area (Å²) in [5.74, 6) is 0.723. The summed E-state index contributed by atoms with van der Waals surface area (Å²) in [6.07, 6.45) is 3.80. The molecule has 1 rings (SSSR count). The van der Waals surface area contributed by atoms with E-state index in [2.05, 4.69) is 12.2 Å². The smallest absolute Gasteiger partial charge is 0.239 e. The lowest BCUT2D eigenvalue weighted by molar-refractivity contribution is -0.127. The zero-order chi connectivity index (χ0) is 9.19. The summed E-state index contributed by atoms with van der Waals surface area (Å²) in [5, 5.41) is 2.63. The standard InChI is InChI=1S/C9H18N2O.ClH/c1-7-3-5-9(10,6-4-7)8(12)11-2;/h7H,3-6,10H2,1-2H3,(H,11,12);1H. The molecule has 3 N–H and O–H groups in total. The minimum Gasteiger partial charge on any atom is -0.358 e. The van der Waals surface area contributed by atoms with Crippen molar-refractivity contribution in [2.75, 3.05) is 7.05 Å². The maximum atomic E-state index is 11.4. The molecular weight excluding hydrogens is 188 g/mol. The third-order valence-electron chi connectivity index (χ3n) is 2.85. The van der Waals surface area contributed by atoms with Gasteiger partial charge < -0.3 is 11.1 Å². The summed E-state index contributed by atoms with van der Waals surface area (Å²) in [5.41, 5.74) is 5.38. The number of hydrogen-bond donors (Lipinski definition) is 2. The van der Waals surface area contributed by atoms with Crippen LogP contribution in [-0.2, 0) is 4.79 Å². The van der Waals surface area contributed by atoms with Crippen molar-refractivity contribution in [3.63, 3.8) is 0 Å². The zero-order valence-electron chi connectivity index (χ0n) is 8.30. The molecule has 0 unspecified atom stereocenters. The lowest BCUT2D eigenvalue weighted by Gasteiger charge is -2.34. The zero-order valence-corrected chi connectivity index (χ0v) is 9.12. The fraction of sp³-hybridized carbons (Fsp3) is 0.889. The molecule has 0 atom stereocenters. The highest BCUT2D eigenvalue weighted by Crippen LogP contribution is 2.29. The molecule has 1 aliphatic rings. The van der Waals surface area contributed by atoms with Crippen molar-refractivity contribution in [3.05, 3.63) is 0 Å². The second-order valence-corrected chi connectivity index (χ2v) is 3.92. The van der Waals surface area contributed by atoms with Crippen LogP contribution < -0.4 is 11.1 Å². The molecule has 3 nitrogen and oxygen atoms in total. The van der Waals surface area contributed by atoms with E-state index in [0.29, 0.717) is 0 Å². The van der Waals surface area contributed by atoms with Crippen molar-refractivity contribution in [1.29, 1.82) is 0 Å². The van der Waals surface area contributed by atoms with Crippen molar-refractivity contribution in [3.8, 4) is 0 Å². The average Bonchev–Trinajstić information content (AvgIpc) is 2.09. The fourth-order valence-electron chi connectivity index (χ4n) is 1.75. The van der Waals surface area contributed by atoms with Gasteiger partial charge in [0.05, 0.1) is 5.54 Å². The highest BCUT2D eigenvalue weighted by atomic mass is 35.5. The van der Waals surface area contributed by atoms with Crippen LogP contribution in [-0.4, -0.2) is 18.5 Å². The van der Waals surface area contributed by atoms with Crippen LogP contribution in [0.2, 0.25) is 0 Å². The largest absolute Gasteiger partial charge is 0.358 e. The lowest BCUT2D eigenvalue weighted by atomic mass is 9.77. The molecule has 0 aromatic carbocycles. The molecule has 4 heteroatoms. The SMILES string of the molecule is CNC(=O)C1(N)CCC(C)CC1.Cl. The van der Waals surface area contributed by atoms with Gasteiger partial charge in [0.2, 0.25) is 5.91 Å². The molecule has 0 aromatic heterocycles. The van der Waals surface area contributed by atoms with Crippen LogP contribution in [0.5, 0.6) is 0 Å². The Balaban J connectivity index is 0.00000144. The van der Waals surface area contributed by atoms with Gasteiger partial charge in [0.15, 0.2) is 0 Å². The number of rotatable bonds is 1. The predicted molar refractivity (Wildman–Crippen MR) is 55.9 cm³/mol. The third kappa shape index (κ3) is 2.85. The minimum atomic E-state index is -0.582. The van der Waals surface area contributed by atoms with Crippen molar-refractivity contribution < 1.29 is 4.79 Å². The summed E-state index contributed by atoms with van der Waals surface area (Å²) < 4.78 is 0. The van der Waals surface area contributed by atoms with Crippen molar-refractivity contribution in [2.45, 2.75) is 38.1 Å². The topological polar surface area (TPSA) is 55.1 Å². The van der Waals surface area contributed by atoms with E-state index in [4.69, 9.17) is 5.73 Å². The maximum Gasteiger partial charge on any atom is 0.239 e. The molecule has 1 saturated carbocycles. The first-order valence-electron chi connectivity index (χ1n) is 4.59. The van der Waals surface area contributed by atoms with E-state index in [1.54, 1.807) is 7.05 Å². The van der Waals surface area contributed by atoms with Gasteiger partial charge in [0.1, 0.15) is 0 Å². The maximum absolute atomic E-state index is 11.4. The van der Waals surface area contributed by atoms with Crippen molar-refractivity contribution in [1.82, 2.24) is 5.32 Å². The molecular formula is C9H19ClN2O. The molecule has 0 aromatic rings. The third-order valence-corrected chi connectivity index (χ3v) is 2.85. The van der Waals surface area contributed by atoms with Crippen LogP contribution in [0.25, 0.3) is 0 Å². The van der Waals surface area contributed by atoms with Crippen molar-refractivity contribution in [2.24, 2.45) is 11.7 Å². The first kappa shape index (κ1) is 12.7. The Labute approximate surface area is 85.9 Å². The minimum absolute atomic E-state index is 0. The number of nitrogens with two attached hydrogens (primary N) is 1. The first-order valence-corrected chi connectivity index (χ1v) is 4.59. The van der Waals surface area contributed by atoms with Gasteiger partial charge in [-0.3, -0.25) is 4.79 Å². The Kier molecular flexibility index (Phi) is 4.71. The van der Waals surface area contributed by atoms with E-state index in [0.717, 1.165) is 31.6 Å². The number of hydrogen-bond acceptors (Lipinski definition) is 2. The molecule has 1 fully saturated rings. The van der Waals surface area contributed by atoms with Gasteiger partial charge in [-0.25, -0.2) is 0 Å². The monoisotopic (exact) mass is 206 g/mol. The van der Waals surface area contributed by atoms with Crippen LogP contribution >= 0.6 is 12.4 Å². The normalized spacial score (nSPS) is 33.3. The van der Waals surface area contributed by atoms with Crippen molar-refractivity contribution >= 4 is 18.3 Å². The fourth-order valence-corrected chi connectivity index (χ4v) is 1.75. The highest BCUT2D eigenvalue weighted by molar-refractivity contribution is 5.86. The molecule has 0 heterocycles. The summed E-state index contributed by atoms with van der Waals surface area (Å²) in [6.45, 7) is 2.21. The first-order chi connectivity index (χ1) is 5.58. The van der Waals surface area contributed by atoms with Gasteiger partial charge >= 0.3 is 0 Å². The average molecular weight is 207 g/mol. The van der Waals surface area contributed by atoms with Crippen LogP contribution in [0.4, 0.5) is 0 Å². The van der Waals surface area contributed by atoms with E-state index < -0.39 is 5.54 Å². The van der Waals surface area contributed by atoms with Gasteiger partial charge in [-0.05, 0) is 31.6 Å². The quantitative estimate of drug-likeness (QED) is 0.674. The Morgan fingerprint density at radius 1 is 1.46 bits per heavy atom. The molecule has 78 valence electrons. The molecule has 0 aliphatic heterocycles. The Bertz CT molecular complexity index is 176. The van der Waals surface area contributed by atoms with Gasteiger partial charge in [0.25, 0.3) is 0 Å². The summed E-state index contributed by atoms with van der Waals surface area (Å²) in [7, 11) is 1.65. The summed E-state index contributed by atoms with van der Waals surface area (Å²) >= 11 is 0.